The first-order valence-corrected chi connectivity index (χ1v) is 12.3. The molecule has 4 rings (SSSR count). The molecule has 7 N–H and O–H groups in total. The highest BCUT2D eigenvalue weighted by Crippen LogP contribution is 2.36. The molecule has 2 aromatic heterocycles. The lowest BCUT2D eigenvalue weighted by molar-refractivity contribution is 0.174. The van der Waals surface area contributed by atoms with Gasteiger partial charge in [0.05, 0.1) is 13.2 Å². The number of nitrogens with zero attached hydrogens (tertiary/aromatic N) is 4. The number of allylic oxidation sites excluding steroid dienone is 1. The fraction of sp³-hybridized carbons (Fsp3) is 0.278. The van der Waals surface area contributed by atoms with Crippen LogP contribution in [0.5, 0.6) is 11.5 Å². The molecule has 16 heteroatoms. The molecule has 0 spiro atoms. The molecule has 0 unspecified atom stereocenters. The Morgan fingerprint density at radius 2 is 2.03 bits per heavy atom. The number of benzene rings is 1. The fourth-order valence-corrected chi connectivity index (χ4v) is 4.20. The quantitative estimate of drug-likeness (QED) is 0.146. The van der Waals surface area contributed by atoms with Gasteiger partial charge in [-0.1, -0.05) is 0 Å². The number of aromatic nitrogens is 4. The summed E-state index contributed by atoms with van der Waals surface area (Å²) in [5, 5.41) is 7.59. The van der Waals surface area contributed by atoms with Gasteiger partial charge >= 0.3 is 16.4 Å². The van der Waals surface area contributed by atoms with Gasteiger partial charge in [0.15, 0.2) is 28.5 Å². The molecular weight excluding hydrogens is 586 g/mol. The van der Waals surface area contributed by atoms with Gasteiger partial charge in [0.1, 0.15) is 5.82 Å². The van der Waals surface area contributed by atoms with Crippen molar-refractivity contribution in [3.8, 4) is 11.5 Å². The Bertz CT molecular complexity index is 1380. The molecule has 3 aromatic rings. The number of ether oxygens (including phenoxy) is 2. The van der Waals surface area contributed by atoms with E-state index in [1.54, 1.807) is 4.57 Å². The highest BCUT2D eigenvalue weighted by Gasteiger charge is 2.21. The van der Waals surface area contributed by atoms with Crippen molar-refractivity contribution in [1.29, 1.82) is 0 Å². The van der Waals surface area contributed by atoms with E-state index in [1.165, 1.54) is 6.20 Å². The van der Waals surface area contributed by atoms with Crippen LogP contribution >= 0.6 is 22.6 Å². The van der Waals surface area contributed by atoms with Crippen LogP contribution in [0.15, 0.2) is 24.0 Å². The summed E-state index contributed by atoms with van der Waals surface area (Å²) in [5.41, 5.74) is 13.7. The zero-order valence-electron chi connectivity index (χ0n) is 17.5. The largest absolute Gasteiger partial charge is 0.454 e. The van der Waals surface area contributed by atoms with Crippen molar-refractivity contribution in [1.82, 2.24) is 24.8 Å². The van der Waals surface area contributed by atoms with E-state index in [9.17, 15) is 12.8 Å². The van der Waals surface area contributed by atoms with Crippen LogP contribution in [0.1, 0.15) is 11.4 Å². The van der Waals surface area contributed by atoms with Crippen molar-refractivity contribution in [3.63, 3.8) is 0 Å². The van der Waals surface area contributed by atoms with E-state index < -0.39 is 16.4 Å². The second-order valence-electron chi connectivity index (χ2n) is 7.13. The fourth-order valence-electron chi connectivity index (χ4n) is 3.25. The normalized spacial score (nSPS) is 13.6. The maximum Gasteiger partial charge on any atom is 0.333 e. The Morgan fingerprint density at radius 1 is 1.29 bits per heavy atom. The standard InChI is InChI=1S/C18H20FIN8O5S/c19-18-26-16(22)15-17(27-18)28(7-10(21)6-24-1-2-33-34(23,29)30)14(25-15)4-9-3-12-13(5-11(9)20)32-8-31-12/h3,5-6,24H,1-2,4,7-8,21H2,(H2,22,26,27)(H2,23,29,30)/b10-6-. The van der Waals surface area contributed by atoms with E-state index in [4.69, 9.17) is 26.1 Å². The number of hydrogen-bond acceptors (Lipinski definition) is 11. The van der Waals surface area contributed by atoms with Gasteiger partial charge < -0.3 is 30.8 Å². The number of anilines is 1. The molecule has 0 saturated carbocycles. The topological polar surface area (TPSA) is 196 Å². The van der Waals surface area contributed by atoms with Gasteiger partial charge in [-0.3, -0.25) is 4.18 Å². The van der Waals surface area contributed by atoms with Gasteiger partial charge in [-0.25, -0.2) is 10.1 Å². The second kappa shape index (κ2) is 9.72. The summed E-state index contributed by atoms with van der Waals surface area (Å²) in [6, 6.07) is 3.72. The number of nitrogens with one attached hydrogen (secondary N) is 1. The summed E-state index contributed by atoms with van der Waals surface area (Å²) in [6.45, 7) is 0.189. The predicted molar refractivity (Wildman–Crippen MR) is 127 cm³/mol. The Labute approximate surface area is 206 Å². The zero-order chi connectivity index (χ0) is 24.5. The summed E-state index contributed by atoms with van der Waals surface area (Å²) in [4.78, 5) is 12.0. The molecule has 0 amide bonds. The van der Waals surface area contributed by atoms with E-state index in [2.05, 4.69) is 47.0 Å². The lowest BCUT2D eigenvalue weighted by atomic mass is 10.1. The summed E-state index contributed by atoms with van der Waals surface area (Å²) in [7, 11) is -4.02. The number of rotatable bonds is 9. The van der Waals surface area contributed by atoms with E-state index in [0.717, 1.165) is 9.13 Å². The smallest absolute Gasteiger partial charge is 0.333 e. The molecule has 0 fully saturated rings. The van der Waals surface area contributed by atoms with Crippen molar-refractivity contribution in [3.05, 3.63) is 45.1 Å². The molecule has 0 saturated heterocycles. The van der Waals surface area contributed by atoms with Crippen LogP contribution < -0.4 is 31.4 Å². The minimum absolute atomic E-state index is 0.0892. The lowest BCUT2D eigenvalue weighted by Crippen LogP contribution is -2.23. The Morgan fingerprint density at radius 3 is 2.76 bits per heavy atom. The first kappa shape index (κ1) is 24.2. The third-order valence-electron chi connectivity index (χ3n) is 4.69. The summed E-state index contributed by atoms with van der Waals surface area (Å²) in [5.74, 6) is 1.70. The summed E-state index contributed by atoms with van der Waals surface area (Å²) in [6.07, 6.45) is 0.818. The minimum Gasteiger partial charge on any atom is -0.454 e. The highest BCUT2D eigenvalue weighted by atomic mass is 127. The van der Waals surface area contributed by atoms with Gasteiger partial charge in [-0.05, 0) is 40.3 Å². The van der Waals surface area contributed by atoms with Crippen LogP contribution in [-0.4, -0.2) is 47.9 Å². The second-order valence-corrected chi connectivity index (χ2v) is 9.51. The van der Waals surface area contributed by atoms with Crippen LogP contribution in [0.2, 0.25) is 0 Å². The van der Waals surface area contributed by atoms with E-state index >= 15 is 0 Å². The first-order chi connectivity index (χ1) is 16.1. The Hall–Kier alpha value is -2.96. The number of nitrogen functional groups attached to an aromatic ring is 1. The van der Waals surface area contributed by atoms with E-state index in [1.807, 2.05) is 12.1 Å². The molecular formula is C18H20FIN8O5S. The minimum atomic E-state index is -4.02. The van der Waals surface area contributed by atoms with Crippen LogP contribution in [-0.2, 0) is 27.5 Å². The van der Waals surface area contributed by atoms with E-state index in [0.29, 0.717) is 29.4 Å². The Kier molecular flexibility index (Phi) is 6.91. The molecule has 0 radical (unpaired) electrons. The van der Waals surface area contributed by atoms with Gasteiger partial charge in [0.25, 0.3) is 0 Å². The van der Waals surface area contributed by atoms with Crippen molar-refractivity contribution in [2.75, 3.05) is 25.7 Å². The number of imidazole rings is 1. The number of halogens is 2. The van der Waals surface area contributed by atoms with Crippen LogP contribution in [0.3, 0.4) is 0 Å². The van der Waals surface area contributed by atoms with Crippen LogP contribution in [0, 0.1) is 9.65 Å². The van der Waals surface area contributed by atoms with Crippen LogP contribution in [0.4, 0.5) is 10.2 Å². The molecule has 1 aliphatic rings. The summed E-state index contributed by atoms with van der Waals surface area (Å²) >= 11 is 2.18. The SMILES string of the molecule is N/C(=C\NCCOS(N)(=O)=O)Cn1c(Cc2cc3c(cc2I)OCO3)nc2c(N)nc(F)nc21. The zero-order valence-corrected chi connectivity index (χ0v) is 20.5. The predicted octanol–water partition coefficient (Wildman–Crippen LogP) is 0.0815. The molecule has 3 heterocycles. The number of hydrogen-bond donors (Lipinski definition) is 4. The molecule has 0 bridgehead atoms. The lowest BCUT2D eigenvalue weighted by Gasteiger charge is -2.11. The maximum atomic E-state index is 13.9. The van der Waals surface area contributed by atoms with Gasteiger partial charge in [0.2, 0.25) is 6.79 Å². The molecule has 34 heavy (non-hydrogen) atoms. The molecule has 13 nitrogen and oxygen atoms in total. The van der Waals surface area contributed by atoms with Gasteiger partial charge in [0, 0.05) is 28.4 Å². The monoisotopic (exact) mass is 606 g/mol. The summed E-state index contributed by atoms with van der Waals surface area (Å²) < 4.78 is 53.4. The number of fused-ring (bicyclic) bond motifs is 2. The Balaban J connectivity index is 1.61. The molecule has 0 atom stereocenters. The van der Waals surface area contributed by atoms with Gasteiger partial charge in [-0.15, -0.1) is 0 Å². The maximum absolute atomic E-state index is 13.9. The molecule has 182 valence electrons. The number of nitrogens with two attached hydrogens (primary N) is 3. The molecule has 1 aliphatic heterocycles. The highest BCUT2D eigenvalue weighted by molar-refractivity contribution is 14.1. The van der Waals surface area contributed by atoms with Crippen LogP contribution in [0.25, 0.3) is 11.2 Å². The van der Waals surface area contributed by atoms with Crippen molar-refractivity contribution in [2.24, 2.45) is 10.9 Å². The van der Waals surface area contributed by atoms with Crippen molar-refractivity contribution >= 4 is 49.9 Å². The van der Waals surface area contributed by atoms with E-state index in [-0.39, 0.29) is 43.5 Å². The van der Waals surface area contributed by atoms with Crippen molar-refractivity contribution in [2.45, 2.75) is 13.0 Å². The van der Waals surface area contributed by atoms with Gasteiger partial charge in [-0.2, -0.15) is 22.8 Å². The molecule has 1 aromatic carbocycles. The van der Waals surface area contributed by atoms with Crippen molar-refractivity contribution < 1.29 is 26.5 Å². The third kappa shape index (κ3) is 5.57. The average Bonchev–Trinajstić information content (AvgIpc) is 3.32. The molecule has 0 aliphatic carbocycles. The first-order valence-electron chi connectivity index (χ1n) is 9.72. The third-order valence-corrected chi connectivity index (χ3v) is 6.19. The average molecular weight is 606 g/mol.